The summed E-state index contributed by atoms with van der Waals surface area (Å²) in [7, 11) is 0. The van der Waals surface area contributed by atoms with E-state index >= 15 is 0 Å². The second-order valence-corrected chi connectivity index (χ2v) is 6.80. The Bertz CT molecular complexity index is 767. The fourth-order valence-electron chi connectivity index (χ4n) is 3.07. The molecule has 1 fully saturated rings. The molecular weight excluding hydrogens is 352 g/mol. The Hall–Kier alpha value is -2.44. The van der Waals surface area contributed by atoms with Crippen LogP contribution in [0.15, 0.2) is 48.7 Å². The Labute approximate surface area is 157 Å². The summed E-state index contributed by atoms with van der Waals surface area (Å²) in [5, 5.41) is 3.29. The maximum Gasteiger partial charge on any atom is 0.244 e. The van der Waals surface area contributed by atoms with Gasteiger partial charge in [0.2, 0.25) is 11.8 Å². The molecule has 0 spiro atoms. The summed E-state index contributed by atoms with van der Waals surface area (Å²) >= 11 is 5.80. The average molecular weight is 373 g/mol. The largest absolute Gasteiger partial charge is 0.340 e. The van der Waals surface area contributed by atoms with Gasteiger partial charge in [-0.3, -0.25) is 9.59 Å². The summed E-state index contributed by atoms with van der Waals surface area (Å²) in [5.41, 5.74) is 6.89. The quantitative estimate of drug-likeness (QED) is 0.863. The Morgan fingerprint density at radius 3 is 2.69 bits per heavy atom. The third kappa shape index (κ3) is 4.39. The fourth-order valence-corrected chi connectivity index (χ4v) is 3.18. The lowest BCUT2D eigenvalue weighted by atomic mass is 9.95. The Balaban J connectivity index is 1.62. The van der Waals surface area contributed by atoms with E-state index in [1.54, 1.807) is 17.0 Å². The molecule has 1 saturated heterocycles. The van der Waals surface area contributed by atoms with Gasteiger partial charge >= 0.3 is 0 Å². The minimum atomic E-state index is -0.712. The Morgan fingerprint density at radius 2 is 2.00 bits per heavy atom. The summed E-state index contributed by atoms with van der Waals surface area (Å²) < 4.78 is 0. The summed E-state index contributed by atoms with van der Waals surface area (Å²) in [6.07, 6.45) is 2.97. The number of carbonyl (C=O) groups excluding carboxylic acids is 2. The summed E-state index contributed by atoms with van der Waals surface area (Å²) in [6.45, 7) is 0.973. The van der Waals surface area contributed by atoms with Gasteiger partial charge in [0, 0.05) is 19.3 Å². The molecule has 2 aromatic rings. The number of amides is 2. The first-order chi connectivity index (χ1) is 12.5. The molecule has 7 heteroatoms. The minimum absolute atomic E-state index is 0.148. The van der Waals surface area contributed by atoms with Crippen LogP contribution in [-0.2, 0) is 9.59 Å². The molecule has 2 atom stereocenters. The average Bonchev–Trinajstić information content (AvgIpc) is 2.69. The SMILES string of the molecule is NC(C(=O)N1CCCC(C(=O)Nc2ccc(Cl)cn2)C1)c1ccccc1. The highest BCUT2D eigenvalue weighted by Gasteiger charge is 2.31. The highest BCUT2D eigenvalue weighted by atomic mass is 35.5. The van der Waals surface area contributed by atoms with Crippen molar-refractivity contribution in [3.05, 3.63) is 59.2 Å². The lowest BCUT2D eigenvalue weighted by Gasteiger charge is -2.33. The van der Waals surface area contributed by atoms with Gasteiger partial charge in [0.15, 0.2) is 0 Å². The van der Waals surface area contributed by atoms with E-state index in [2.05, 4.69) is 10.3 Å². The predicted octanol–water partition coefficient (Wildman–Crippen LogP) is 2.61. The summed E-state index contributed by atoms with van der Waals surface area (Å²) in [5.74, 6) is -0.138. The molecule has 136 valence electrons. The number of likely N-dealkylation sites (tertiary alicyclic amines) is 1. The molecule has 1 aromatic carbocycles. The third-order valence-electron chi connectivity index (χ3n) is 4.51. The van der Waals surface area contributed by atoms with Crippen LogP contribution in [0.2, 0.25) is 5.02 Å². The van der Waals surface area contributed by atoms with Crippen molar-refractivity contribution in [2.75, 3.05) is 18.4 Å². The van der Waals surface area contributed by atoms with E-state index in [4.69, 9.17) is 17.3 Å². The van der Waals surface area contributed by atoms with Crippen molar-refractivity contribution in [2.24, 2.45) is 11.7 Å². The van der Waals surface area contributed by atoms with Crippen LogP contribution in [0.1, 0.15) is 24.4 Å². The normalized spacial score (nSPS) is 18.2. The number of halogens is 1. The van der Waals surface area contributed by atoms with Crippen LogP contribution in [0.3, 0.4) is 0 Å². The van der Waals surface area contributed by atoms with E-state index in [1.165, 1.54) is 6.20 Å². The molecule has 2 unspecified atom stereocenters. The number of carbonyl (C=O) groups is 2. The molecule has 3 rings (SSSR count). The third-order valence-corrected chi connectivity index (χ3v) is 4.73. The second-order valence-electron chi connectivity index (χ2n) is 6.36. The van der Waals surface area contributed by atoms with Crippen LogP contribution < -0.4 is 11.1 Å². The van der Waals surface area contributed by atoms with Crippen LogP contribution in [0.25, 0.3) is 0 Å². The molecule has 0 bridgehead atoms. The number of benzene rings is 1. The fraction of sp³-hybridized carbons (Fsp3) is 0.316. The Kier molecular flexibility index (Phi) is 5.85. The zero-order valence-corrected chi connectivity index (χ0v) is 15.0. The number of aromatic nitrogens is 1. The van der Waals surface area contributed by atoms with E-state index in [1.807, 2.05) is 30.3 Å². The number of pyridine rings is 1. The first-order valence-electron chi connectivity index (χ1n) is 8.56. The van der Waals surface area contributed by atoms with Crippen molar-refractivity contribution in [1.29, 1.82) is 0 Å². The van der Waals surface area contributed by atoms with E-state index in [-0.39, 0.29) is 17.7 Å². The van der Waals surface area contributed by atoms with Crippen LogP contribution in [0.4, 0.5) is 5.82 Å². The molecule has 0 radical (unpaired) electrons. The highest BCUT2D eigenvalue weighted by molar-refractivity contribution is 6.30. The van der Waals surface area contributed by atoms with Crippen LogP contribution in [0.5, 0.6) is 0 Å². The molecule has 0 aliphatic carbocycles. The molecule has 3 N–H and O–H groups in total. The maximum absolute atomic E-state index is 12.7. The molecule has 1 aliphatic rings. The van der Waals surface area contributed by atoms with Gasteiger partial charge in [-0.2, -0.15) is 0 Å². The van der Waals surface area contributed by atoms with Gasteiger partial charge in [-0.1, -0.05) is 41.9 Å². The van der Waals surface area contributed by atoms with E-state index in [9.17, 15) is 9.59 Å². The first kappa shape index (κ1) is 18.4. The number of nitrogens with one attached hydrogen (secondary N) is 1. The van der Waals surface area contributed by atoms with E-state index < -0.39 is 6.04 Å². The molecular formula is C19H21ClN4O2. The number of anilines is 1. The Morgan fingerprint density at radius 1 is 1.23 bits per heavy atom. The van der Waals surface area contributed by atoms with Gasteiger partial charge in [-0.15, -0.1) is 0 Å². The number of hydrogen-bond acceptors (Lipinski definition) is 4. The van der Waals surface area contributed by atoms with Gasteiger partial charge < -0.3 is 16.0 Å². The lowest BCUT2D eigenvalue weighted by molar-refractivity contribution is -0.136. The zero-order chi connectivity index (χ0) is 18.5. The molecule has 2 amide bonds. The smallest absolute Gasteiger partial charge is 0.244 e. The van der Waals surface area contributed by atoms with Crippen molar-refractivity contribution < 1.29 is 9.59 Å². The minimum Gasteiger partial charge on any atom is -0.340 e. The molecule has 2 heterocycles. The molecule has 6 nitrogen and oxygen atoms in total. The van der Waals surface area contributed by atoms with E-state index in [0.717, 1.165) is 18.4 Å². The first-order valence-corrected chi connectivity index (χ1v) is 8.94. The monoisotopic (exact) mass is 372 g/mol. The van der Waals surface area contributed by atoms with Crippen LogP contribution in [0, 0.1) is 5.92 Å². The van der Waals surface area contributed by atoms with Gasteiger partial charge in [0.25, 0.3) is 0 Å². The number of hydrogen-bond donors (Lipinski definition) is 2. The van der Waals surface area contributed by atoms with Gasteiger partial charge in [-0.05, 0) is 30.5 Å². The summed E-state index contributed by atoms with van der Waals surface area (Å²) in [6, 6.07) is 11.9. The summed E-state index contributed by atoms with van der Waals surface area (Å²) in [4.78, 5) is 31.0. The van der Waals surface area contributed by atoms with Crippen LogP contribution in [-0.4, -0.2) is 34.8 Å². The van der Waals surface area contributed by atoms with Crippen molar-refractivity contribution in [1.82, 2.24) is 9.88 Å². The lowest BCUT2D eigenvalue weighted by Crippen LogP contribution is -2.47. The number of rotatable bonds is 4. The molecule has 0 saturated carbocycles. The van der Waals surface area contributed by atoms with Gasteiger partial charge in [0.1, 0.15) is 11.9 Å². The van der Waals surface area contributed by atoms with E-state index in [0.29, 0.717) is 23.9 Å². The topological polar surface area (TPSA) is 88.3 Å². The molecule has 1 aromatic heterocycles. The van der Waals surface area contributed by atoms with Crippen LogP contribution >= 0.6 is 11.6 Å². The van der Waals surface area contributed by atoms with Crippen molar-refractivity contribution in [3.63, 3.8) is 0 Å². The van der Waals surface area contributed by atoms with Crippen molar-refractivity contribution in [3.8, 4) is 0 Å². The number of piperidine rings is 1. The van der Waals surface area contributed by atoms with Gasteiger partial charge in [0.05, 0.1) is 10.9 Å². The predicted molar refractivity (Wildman–Crippen MR) is 101 cm³/mol. The maximum atomic E-state index is 12.7. The standard InChI is InChI=1S/C19H21ClN4O2/c20-15-8-9-16(22-11-15)23-18(25)14-7-4-10-24(12-14)19(26)17(21)13-5-2-1-3-6-13/h1-3,5-6,8-9,11,14,17H,4,7,10,12,21H2,(H,22,23,25). The van der Waals surface area contributed by atoms with Crippen molar-refractivity contribution >= 4 is 29.2 Å². The zero-order valence-electron chi connectivity index (χ0n) is 14.3. The number of nitrogens with zero attached hydrogens (tertiary/aromatic N) is 2. The van der Waals surface area contributed by atoms with Gasteiger partial charge in [-0.25, -0.2) is 4.98 Å². The molecule has 1 aliphatic heterocycles. The van der Waals surface area contributed by atoms with Crippen molar-refractivity contribution in [2.45, 2.75) is 18.9 Å². The second kappa shape index (κ2) is 8.29. The molecule has 26 heavy (non-hydrogen) atoms. The highest BCUT2D eigenvalue weighted by Crippen LogP contribution is 2.22. The number of nitrogens with two attached hydrogens (primary N) is 1.